The Morgan fingerprint density at radius 1 is 1.08 bits per heavy atom. The Labute approximate surface area is 68.9 Å². The minimum atomic E-state index is -0.169. The summed E-state index contributed by atoms with van der Waals surface area (Å²) in [6.45, 7) is -0.169. The number of fused-ring (bicyclic) bond motifs is 1. The van der Waals surface area contributed by atoms with Crippen molar-refractivity contribution in [1.82, 2.24) is 15.2 Å². The fraction of sp³-hybridized carbons (Fsp3) is 0.125. The summed E-state index contributed by atoms with van der Waals surface area (Å²) in [6, 6.07) is 7.41. The molecule has 1 heterocycles. The van der Waals surface area contributed by atoms with Crippen LogP contribution in [0.2, 0.25) is 0 Å². The summed E-state index contributed by atoms with van der Waals surface area (Å²) in [5.41, 5.74) is 1.51. The third kappa shape index (κ3) is 1.12. The van der Waals surface area contributed by atoms with E-state index in [0.717, 1.165) is 11.0 Å². The van der Waals surface area contributed by atoms with Crippen molar-refractivity contribution in [2.24, 2.45) is 0 Å². The third-order valence-corrected chi connectivity index (χ3v) is 1.55. The van der Waals surface area contributed by atoms with Gasteiger partial charge in [0.05, 0.1) is 5.52 Å². The van der Waals surface area contributed by atoms with Gasteiger partial charge in [0.2, 0.25) is 0 Å². The van der Waals surface area contributed by atoms with E-state index in [0.29, 0.717) is 5.82 Å². The molecule has 0 bridgehead atoms. The quantitative estimate of drug-likeness (QED) is 0.662. The zero-order valence-electron chi connectivity index (χ0n) is 6.31. The molecular weight excluding hydrogens is 154 g/mol. The first-order valence-electron chi connectivity index (χ1n) is 3.59. The maximum Gasteiger partial charge on any atom is 0.177 e. The zero-order valence-corrected chi connectivity index (χ0v) is 6.31. The lowest BCUT2D eigenvalue weighted by atomic mass is 10.3. The van der Waals surface area contributed by atoms with Crippen LogP contribution in [0.25, 0.3) is 11.0 Å². The molecular formula is C8H7N3O. The first kappa shape index (κ1) is 7.12. The maximum atomic E-state index is 8.73. The SMILES string of the molecule is OCc1nnc2ccccc2n1. The largest absolute Gasteiger partial charge is 0.388 e. The molecule has 1 aromatic heterocycles. The Balaban J connectivity index is 2.67. The second-order valence-electron chi connectivity index (χ2n) is 2.37. The predicted octanol–water partition coefficient (Wildman–Crippen LogP) is 0.517. The lowest BCUT2D eigenvalue weighted by Crippen LogP contribution is -1.97. The highest BCUT2D eigenvalue weighted by Gasteiger charge is 1.97. The van der Waals surface area contributed by atoms with E-state index in [1.807, 2.05) is 24.3 Å². The number of para-hydroxylation sites is 1. The monoisotopic (exact) mass is 161 g/mol. The van der Waals surface area contributed by atoms with E-state index < -0.39 is 0 Å². The lowest BCUT2D eigenvalue weighted by Gasteiger charge is -1.95. The smallest absolute Gasteiger partial charge is 0.177 e. The van der Waals surface area contributed by atoms with Crippen LogP contribution >= 0.6 is 0 Å². The summed E-state index contributed by atoms with van der Waals surface area (Å²) < 4.78 is 0. The van der Waals surface area contributed by atoms with Crippen LogP contribution in [0.5, 0.6) is 0 Å². The van der Waals surface area contributed by atoms with Crippen LogP contribution in [0.15, 0.2) is 24.3 Å². The molecule has 60 valence electrons. The number of nitrogens with zero attached hydrogens (tertiary/aromatic N) is 3. The van der Waals surface area contributed by atoms with Gasteiger partial charge in [-0.15, -0.1) is 10.2 Å². The van der Waals surface area contributed by atoms with E-state index in [4.69, 9.17) is 5.11 Å². The number of hydrogen-bond acceptors (Lipinski definition) is 4. The average Bonchev–Trinajstić information content (AvgIpc) is 2.17. The molecule has 1 aromatic carbocycles. The van der Waals surface area contributed by atoms with Gasteiger partial charge in [0.25, 0.3) is 0 Å². The first-order valence-corrected chi connectivity index (χ1v) is 3.59. The molecule has 0 fully saturated rings. The van der Waals surface area contributed by atoms with E-state index in [9.17, 15) is 0 Å². The van der Waals surface area contributed by atoms with Crippen molar-refractivity contribution in [2.45, 2.75) is 6.61 Å². The van der Waals surface area contributed by atoms with E-state index in [2.05, 4.69) is 15.2 Å². The van der Waals surface area contributed by atoms with Crippen LogP contribution in [0.1, 0.15) is 5.82 Å². The number of aliphatic hydroxyl groups excluding tert-OH is 1. The summed E-state index contributed by atoms with van der Waals surface area (Å²) >= 11 is 0. The minimum absolute atomic E-state index is 0.169. The predicted molar refractivity (Wildman–Crippen MR) is 43.3 cm³/mol. The molecule has 0 radical (unpaired) electrons. The minimum Gasteiger partial charge on any atom is -0.388 e. The molecule has 0 spiro atoms. The number of aromatic nitrogens is 3. The van der Waals surface area contributed by atoms with Gasteiger partial charge in [0.15, 0.2) is 5.82 Å². The van der Waals surface area contributed by atoms with Gasteiger partial charge in [-0.05, 0) is 12.1 Å². The van der Waals surface area contributed by atoms with Crippen molar-refractivity contribution >= 4 is 11.0 Å². The standard InChI is InChI=1S/C8H7N3O/c12-5-8-9-6-3-1-2-4-7(6)10-11-8/h1-4,12H,5H2. The molecule has 0 aliphatic rings. The summed E-state index contributed by atoms with van der Waals surface area (Å²) in [5, 5.41) is 16.3. The van der Waals surface area contributed by atoms with Gasteiger partial charge >= 0.3 is 0 Å². The second-order valence-corrected chi connectivity index (χ2v) is 2.37. The first-order chi connectivity index (χ1) is 5.90. The van der Waals surface area contributed by atoms with Gasteiger partial charge < -0.3 is 5.11 Å². The zero-order chi connectivity index (χ0) is 8.39. The van der Waals surface area contributed by atoms with Gasteiger partial charge in [-0.25, -0.2) is 4.98 Å². The van der Waals surface area contributed by atoms with Crippen molar-refractivity contribution in [1.29, 1.82) is 0 Å². The lowest BCUT2D eigenvalue weighted by molar-refractivity contribution is 0.270. The molecule has 4 nitrogen and oxygen atoms in total. The summed E-state index contributed by atoms with van der Waals surface area (Å²) in [6.07, 6.45) is 0. The molecule has 0 aliphatic carbocycles. The van der Waals surface area contributed by atoms with Crippen molar-refractivity contribution in [3.8, 4) is 0 Å². The molecule has 2 aromatic rings. The molecule has 0 atom stereocenters. The van der Waals surface area contributed by atoms with Crippen LogP contribution in [0, 0.1) is 0 Å². The highest BCUT2D eigenvalue weighted by Crippen LogP contribution is 2.05. The molecule has 0 amide bonds. The molecule has 2 rings (SSSR count). The normalized spacial score (nSPS) is 10.4. The number of benzene rings is 1. The summed E-state index contributed by atoms with van der Waals surface area (Å²) in [4.78, 5) is 4.07. The van der Waals surface area contributed by atoms with Crippen LogP contribution in [-0.4, -0.2) is 20.3 Å². The van der Waals surface area contributed by atoms with Crippen LogP contribution in [0.4, 0.5) is 0 Å². The fourth-order valence-electron chi connectivity index (χ4n) is 0.983. The number of aliphatic hydroxyl groups is 1. The Hall–Kier alpha value is -1.55. The van der Waals surface area contributed by atoms with Gasteiger partial charge in [-0.1, -0.05) is 12.1 Å². The average molecular weight is 161 g/mol. The molecule has 0 aliphatic heterocycles. The van der Waals surface area contributed by atoms with Crippen LogP contribution in [0.3, 0.4) is 0 Å². The topological polar surface area (TPSA) is 58.9 Å². The van der Waals surface area contributed by atoms with Gasteiger partial charge in [-0.2, -0.15) is 0 Å². The Kier molecular flexibility index (Phi) is 1.68. The van der Waals surface area contributed by atoms with Gasteiger partial charge in [0.1, 0.15) is 12.1 Å². The molecule has 0 saturated heterocycles. The Bertz CT molecular complexity index is 402. The Morgan fingerprint density at radius 3 is 2.58 bits per heavy atom. The molecule has 4 heteroatoms. The number of rotatable bonds is 1. The van der Waals surface area contributed by atoms with E-state index in [1.54, 1.807) is 0 Å². The number of hydrogen-bond donors (Lipinski definition) is 1. The molecule has 0 saturated carbocycles. The van der Waals surface area contributed by atoms with Crippen molar-refractivity contribution < 1.29 is 5.11 Å². The van der Waals surface area contributed by atoms with Crippen molar-refractivity contribution in [3.63, 3.8) is 0 Å². The van der Waals surface area contributed by atoms with E-state index >= 15 is 0 Å². The maximum absolute atomic E-state index is 8.73. The molecule has 1 N–H and O–H groups in total. The Morgan fingerprint density at radius 2 is 1.83 bits per heavy atom. The van der Waals surface area contributed by atoms with E-state index in [-0.39, 0.29) is 6.61 Å². The van der Waals surface area contributed by atoms with E-state index in [1.165, 1.54) is 0 Å². The summed E-state index contributed by atoms with van der Waals surface area (Å²) in [7, 11) is 0. The van der Waals surface area contributed by atoms with Crippen LogP contribution in [-0.2, 0) is 6.61 Å². The molecule has 12 heavy (non-hydrogen) atoms. The van der Waals surface area contributed by atoms with Crippen molar-refractivity contribution in [3.05, 3.63) is 30.1 Å². The third-order valence-electron chi connectivity index (χ3n) is 1.55. The highest BCUT2D eigenvalue weighted by atomic mass is 16.3. The second kappa shape index (κ2) is 2.83. The summed E-state index contributed by atoms with van der Waals surface area (Å²) in [5.74, 6) is 0.355. The highest BCUT2D eigenvalue weighted by molar-refractivity contribution is 5.72. The van der Waals surface area contributed by atoms with Gasteiger partial charge in [0, 0.05) is 0 Å². The fourth-order valence-corrected chi connectivity index (χ4v) is 0.983. The molecule has 0 unspecified atom stereocenters. The van der Waals surface area contributed by atoms with Crippen LogP contribution < -0.4 is 0 Å². The van der Waals surface area contributed by atoms with Gasteiger partial charge in [-0.3, -0.25) is 0 Å². The van der Waals surface area contributed by atoms with Crippen molar-refractivity contribution in [2.75, 3.05) is 0 Å².